The van der Waals surface area contributed by atoms with E-state index in [-0.39, 0.29) is 12.3 Å². The third-order valence-corrected chi connectivity index (χ3v) is 4.60. The number of thiophene rings is 1. The Balaban J connectivity index is 2.13. The minimum atomic E-state index is -0.747. The number of carboxylic acids is 1. The lowest BCUT2D eigenvalue weighted by molar-refractivity contribution is -0.137. The molecule has 0 aliphatic carbocycles. The molecule has 19 heavy (non-hydrogen) atoms. The molecule has 2 nitrogen and oxygen atoms in total. The highest BCUT2D eigenvalue weighted by atomic mass is 32.1. The van der Waals surface area contributed by atoms with E-state index < -0.39 is 5.97 Å². The molecule has 2 aromatic carbocycles. The number of carbonyl (C=O) groups is 1. The Bertz CT molecular complexity index is 758. The number of fused-ring (bicyclic) bond motifs is 3. The van der Waals surface area contributed by atoms with Crippen molar-refractivity contribution in [3.8, 4) is 0 Å². The van der Waals surface area contributed by atoms with Crippen molar-refractivity contribution in [3.05, 3.63) is 48.0 Å². The number of aliphatic carboxylic acids is 1. The summed E-state index contributed by atoms with van der Waals surface area (Å²) >= 11 is 1.78. The average molecular weight is 270 g/mol. The van der Waals surface area contributed by atoms with Gasteiger partial charge in [-0.05, 0) is 29.7 Å². The van der Waals surface area contributed by atoms with Gasteiger partial charge in [0.15, 0.2) is 0 Å². The van der Waals surface area contributed by atoms with Crippen LogP contribution in [0.5, 0.6) is 0 Å². The second kappa shape index (κ2) is 4.67. The van der Waals surface area contributed by atoms with Gasteiger partial charge in [0.05, 0.1) is 6.42 Å². The van der Waals surface area contributed by atoms with Crippen molar-refractivity contribution in [3.63, 3.8) is 0 Å². The SMILES string of the molecule is CC(CC(=O)O)c1ccc2sc3ccccc3c2c1. The molecule has 0 aliphatic heterocycles. The van der Waals surface area contributed by atoms with Crippen molar-refractivity contribution in [2.45, 2.75) is 19.3 Å². The predicted octanol–water partition coefficient (Wildman–Crippen LogP) is 4.63. The fourth-order valence-electron chi connectivity index (χ4n) is 2.43. The summed E-state index contributed by atoms with van der Waals surface area (Å²) in [5.74, 6) is -0.705. The Kier molecular flexibility index (Phi) is 2.99. The summed E-state index contributed by atoms with van der Waals surface area (Å²) < 4.78 is 2.54. The average Bonchev–Trinajstić information content (AvgIpc) is 2.75. The zero-order chi connectivity index (χ0) is 13.4. The summed E-state index contributed by atoms with van der Waals surface area (Å²) in [6.07, 6.45) is 0.174. The molecule has 1 unspecified atom stereocenters. The van der Waals surface area contributed by atoms with Crippen LogP contribution in [-0.2, 0) is 4.79 Å². The summed E-state index contributed by atoms with van der Waals surface area (Å²) in [4.78, 5) is 10.8. The number of rotatable bonds is 3. The van der Waals surface area contributed by atoms with E-state index in [0.29, 0.717) is 0 Å². The Morgan fingerprint density at radius 1 is 1.16 bits per heavy atom. The van der Waals surface area contributed by atoms with Crippen LogP contribution in [0.3, 0.4) is 0 Å². The lowest BCUT2D eigenvalue weighted by atomic mass is 9.96. The lowest BCUT2D eigenvalue weighted by Crippen LogP contribution is -2.02. The first-order chi connectivity index (χ1) is 9.15. The molecule has 1 atom stereocenters. The van der Waals surface area contributed by atoms with Gasteiger partial charge in [0.25, 0.3) is 0 Å². The minimum absolute atomic E-state index is 0.0422. The first kappa shape index (κ1) is 12.2. The third-order valence-electron chi connectivity index (χ3n) is 3.45. The molecule has 1 heterocycles. The fraction of sp³-hybridized carbons (Fsp3) is 0.188. The molecule has 0 radical (unpaired) electrons. The Morgan fingerprint density at radius 3 is 2.68 bits per heavy atom. The van der Waals surface area contributed by atoms with Crippen LogP contribution < -0.4 is 0 Å². The topological polar surface area (TPSA) is 37.3 Å². The molecule has 0 saturated carbocycles. The highest BCUT2D eigenvalue weighted by Gasteiger charge is 2.12. The first-order valence-corrected chi connectivity index (χ1v) is 7.10. The summed E-state index contributed by atoms with van der Waals surface area (Å²) in [7, 11) is 0. The summed E-state index contributed by atoms with van der Waals surface area (Å²) in [5, 5.41) is 11.4. The molecular weight excluding hydrogens is 256 g/mol. The van der Waals surface area contributed by atoms with Crippen LogP contribution in [0.1, 0.15) is 24.8 Å². The Labute approximate surface area is 115 Å². The van der Waals surface area contributed by atoms with Gasteiger partial charge in [-0.1, -0.05) is 31.2 Å². The van der Waals surface area contributed by atoms with Crippen LogP contribution in [-0.4, -0.2) is 11.1 Å². The molecule has 3 heteroatoms. The standard InChI is InChI=1S/C16H14O2S/c1-10(8-16(17)18)11-6-7-15-13(9-11)12-4-2-3-5-14(12)19-15/h2-7,9-10H,8H2,1H3,(H,17,18). The highest BCUT2D eigenvalue weighted by Crippen LogP contribution is 2.35. The normalized spacial score (nSPS) is 12.9. The monoisotopic (exact) mass is 270 g/mol. The predicted molar refractivity (Wildman–Crippen MR) is 80.0 cm³/mol. The molecule has 0 fully saturated rings. The molecular formula is C16H14O2S. The largest absolute Gasteiger partial charge is 0.481 e. The van der Waals surface area contributed by atoms with Gasteiger partial charge in [-0.2, -0.15) is 0 Å². The summed E-state index contributed by atoms with van der Waals surface area (Å²) in [6, 6.07) is 14.6. The number of benzene rings is 2. The molecule has 3 aromatic rings. The first-order valence-electron chi connectivity index (χ1n) is 6.28. The van der Waals surface area contributed by atoms with E-state index in [0.717, 1.165) is 5.56 Å². The summed E-state index contributed by atoms with van der Waals surface area (Å²) in [6.45, 7) is 1.96. The quantitative estimate of drug-likeness (QED) is 0.753. The molecule has 0 saturated heterocycles. The lowest BCUT2D eigenvalue weighted by Gasteiger charge is -2.09. The fourth-order valence-corrected chi connectivity index (χ4v) is 3.52. The van der Waals surface area contributed by atoms with Crippen LogP contribution in [0, 0.1) is 0 Å². The maximum atomic E-state index is 10.8. The molecule has 1 N–H and O–H groups in total. The van der Waals surface area contributed by atoms with Gasteiger partial charge in [-0.3, -0.25) is 4.79 Å². The molecule has 1 aromatic heterocycles. The molecule has 96 valence electrons. The maximum absolute atomic E-state index is 10.8. The highest BCUT2D eigenvalue weighted by molar-refractivity contribution is 7.25. The van der Waals surface area contributed by atoms with Gasteiger partial charge < -0.3 is 5.11 Å². The number of hydrogen-bond donors (Lipinski definition) is 1. The van der Waals surface area contributed by atoms with Crippen molar-refractivity contribution >= 4 is 37.5 Å². The van der Waals surface area contributed by atoms with Crippen molar-refractivity contribution in [1.82, 2.24) is 0 Å². The van der Waals surface area contributed by atoms with E-state index >= 15 is 0 Å². The van der Waals surface area contributed by atoms with Gasteiger partial charge >= 0.3 is 5.97 Å². The van der Waals surface area contributed by atoms with E-state index in [4.69, 9.17) is 5.11 Å². The zero-order valence-corrected chi connectivity index (χ0v) is 11.4. The smallest absolute Gasteiger partial charge is 0.303 e. The van der Waals surface area contributed by atoms with E-state index in [2.05, 4.69) is 24.3 Å². The molecule has 0 bridgehead atoms. The van der Waals surface area contributed by atoms with Crippen molar-refractivity contribution in [2.75, 3.05) is 0 Å². The van der Waals surface area contributed by atoms with Gasteiger partial charge in [0.2, 0.25) is 0 Å². The van der Waals surface area contributed by atoms with E-state index in [1.54, 1.807) is 11.3 Å². The van der Waals surface area contributed by atoms with Gasteiger partial charge in [-0.25, -0.2) is 0 Å². The number of hydrogen-bond acceptors (Lipinski definition) is 2. The molecule has 0 aliphatic rings. The van der Waals surface area contributed by atoms with Crippen LogP contribution in [0.2, 0.25) is 0 Å². The van der Waals surface area contributed by atoms with E-state index in [1.807, 2.05) is 25.1 Å². The Morgan fingerprint density at radius 2 is 1.89 bits per heavy atom. The van der Waals surface area contributed by atoms with Gasteiger partial charge in [0, 0.05) is 20.2 Å². The minimum Gasteiger partial charge on any atom is -0.481 e. The van der Waals surface area contributed by atoms with Crippen LogP contribution in [0.15, 0.2) is 42.5 Å². The second-order valence-corrected chi connectivity index (χ2v) is 5.94. The number of carboxylic acid groups (broad SMARTS) is 1. The third kappa shape index (κ3) is 2.22. The molecule has 3 rings (SSSR count). The van der Waals surface area contributed by atoms with Crippen molar-refractivity contribution < 1.29 is 9.90 Å². The molecule has 0 spiro atoms. The van der Waals surface area contributed by atoms with E-state index in [1.165, 1.54) is 20.2 Å². The van der Waals surface area contributed by atoms with Crippen molar-refractivity contribution in [2.24, 2.45) is 0 Å². The van der Waals surface area contributed by atoms with Crippen LogP contribution in [0.4, 0.5) is 0 Å². The molecule has 0 amide bonds. The van der Waals surface area contributed by atoms with Gasteiger partial charge in [-0.15, -0.1) is 11.3 Å². The maximum Gasteiger partial charge on any atom is 0.303 e. The Hall–Kier alpha value is -1.87. The zero-order valence-electron chi connectivity index (χ0n) is 10.6. The summed E-state index contributed by atoms with van der Waals surface area (Å²) in [5.41, 5.74) is 1.10. The van der Waals surface area contributed by atoms with Crippen molar-refractivity contribution in [1.29, 1.82) is 0 Å². The van der Waals surface area contributed by atoms with Crippen LogP contribution in [0.25, 0.3) is 20.2 Å². The van der Waals surface area contributed by atoms with Crippen LogP contribution >= 0.6 is 11.3 Å². The second-order valence-electron chi connectivity index (χ2n) is 4.85. The van der Waals surface area contributed by atoms with Gasteiger partial charge in [0.1, 0.15) is 0 Å². The van der Waals surface area contributed by atoms with E-state index in [9.17, 15) is 4.79 Å².